The SMILES string of the molecule is O=C(NCCOC1CCCCC1)[C@H]1CCCNC1. The molecule has 0 spiro atoms. The van der Waals surface area contributed by atoms with E-state index in [-0.39, 0.29) is 11.8 Å². The Morgan fingerprint density at radius 1 is 1.17 bits per heavy atom. The molecule has 1 aliphatic carbocycles. The first-order valence-electron chi connectivity index (χ1n) is 7.46. The van der Waals surface area contributed by atoms with Crippen LogP contribution in [0.3, 0.4) is 0 Å². The molecule has 18 heavy (non-hydrogen) atoms. The molecule has 104 valence electrons. The molecule has 0 unspecified atom stereocenters. The molecule has 0 aromatic rings. The van der Waals surface area contributed by atoms with Crippen molar-refractivity contribution in [2.75, 3.05) is 26.2 Å². The highest BCUT2D eigenvalue weighted by atomic mass is 16.5. The van der Waals surface area contributed by atoms with Crippen LogP contribution in [0.25, 0.3) is 0 Å². The zero-order valence-electron chi connectivity index (χ0n) is 11.2. The van der Waals surface area contributed by atoms with Crippen LogP contribution in [0, 0.1) is 5.92 Å². The highest BCUT2D eigenvalue weighted by Crippen LogP contribution is 2.19. The van der Waals surface area contributed by atoms with Gasteiger partial charge < -0.3 is 15.4 Å². The molecule has 1 amide bonds. The lowest BCUT2D eigenvalue weighted by Crippen LogP contribution is -2.41. The summed E-state index contributed by atoms with van der Waals surface area (Å²) in [5.74, 6) is 0.350. The molecule has 2 N–H and O–H groups in total. The van der Waals surface area contributed by atoms with Crippen molar-refractivity contribution in [2.45, 2.75) is 51.0 Å². The third-order valence-electron chi connectivity index (χ3n) is 3.97. The van der Waals surface area contributed by atoms with Gasteiger partial charge in [-0.25, -0.2) is 0 Å². The number of rotatable bonds is 5. The molecule has 1 saturated heterocycles. The summed E-state index contributed by atoms with van der Waals surface area (Å²) in [6.07, 6.45) is 8.90. The van der Waals surface area contributed by atoms with E-state index in [1.807, 2.05) is 0 Å². The largest absolute Gasteiger partial charge is 0.376 e. The predicted octanol–water partition coefficient (Wildman–Crippen LogP) is 1.45. The highest BCUT2D eigenvalue weighted by molar-refractivity contribution is 5.78. The molecular weight excluding hydrogens is 228 g/mol. The van der Waals surface area contributed by atoms with Crippen LogP contribution in [0.2, 0.25) is 0 Å². The topological polar surface area (TPSA) is 50.4 Å². The molecule has 2 rings (SSSR count). The summed E-state index contributed by atoms with van der Waals surface area (Å²) in [5.41, 5.74) is 0. The maximum atomic E-state index is 11.8. The Morgan fingerprint density at radius 3 is 2.72 bits per heavy atom. The fraction of sp³-hybridized carbons (Fsp3) is 0.929. The second kappa shape index (κ2) is 7.74. The Kier molecular flexibility index (Phi) is 5.94. The highest BCUT2D eigenvalue weighted by Gasteiger charge is 2.20. The third-order valence-corrected chi connectivity index (χ3v) is 3.97. The second-order valence-corrected chi connectivity index (χ2v) is 5.47. The van der Waals surface area contributed by atoms with E-state index in [0.717, 1.165) is 25.9 Å². The molecule has 2 fully saturated rings. The Hall–Kier alpha value is -0.610. The molecule has 0 aromatic carbocycles. The summed E-state index contributed by atoms with van der Waals surface area (Å²) in [5, 5.41) is 6.25. The van der Waals surface area contributed by atoms with Crippen LogP contribution < -0.4 is 10.6 Å². The maximum Gasteiger partial charge on any atom is 0.224 e. The zero-order valence-corrected chi connectivity index (χ0v) is 11.2. The number of piperidine rings is 1. The number of hydrogen-bond acceptors (Lipinski definition) is 3. The van der Waals surface area contributed by atoms with Crippen LogP contribution in [-0.2, 0) is 9.53 Å². The van der Waals surface area contributed by atoms with Gasteiger partial charge in [-0.15, -0.1) is 0 Å². The second-order valence-electron chi connectivity index (χ2n) is 5.47. The van der Waals surface area contributed by atoms with E-state index in [1.54, 1.807) is 0 Å². The van der Waals surface area contributed by atoms with E-state index >= 15 is 0 Å². The number of ether oxygens (including phenoxy) is 1. The van der Waals surface area contributed by atoms with Crippen molar-refractivity contribution in [2.24, 2.45) is 5.92 Å². The van der Waals surface area contributed by atoms with Gasteiger partial charge in [0.25, 0.3) is 0 Å². The molecule has 4 heteroatoms. The van der Waals surface area contributed by atoms with Gasteiger partial charge in [-0.05, 0) is 32.2 Å². The monoisotopic (exact) mass is 254 g/mol. The summed E-state index contributed by atoms with van der Waals surface area (Å²) >= 11 is 0. The van der Waals surface area contributed by atoms with Crippen molar-refractivity contribution >= 4 is 5.91 Å². The van der Waals surface area contributed by atoms with Gasteiger partial charge in [-0.2, -0.15) is 0 Å². The summed E-state index contributed by atoms with van der Waals surface area (Å²) in [6.45, 7) is 3.20. The first-order valence-corrected chi connectivity index (χ1v) is 7.46. The predicted molar refractivity (Wildman–Crippen MR) is 71.4 cm³/mol. The van der Waals surface area contributed by atoms with Crippen LogP contribution in [0.5, 0.6) is 0 Å². The van der Waals surface area contributed by atoms with Crippen LogP contribution in [0.15, 0.2) is 0 Å². The molecule has 1 heterocycles. The lowest BCUT2D eigenvalue weighted by molar-refractivity contribution is -0.125. The van der Waals surface area contributed by atoms with Crippen molar-refractivity contribution < 1.29 is 9.53 Å². The van der Waals surface area contributed by atoms with Crippen molar-refractivity contribution in [1.29, 1.82) is 0 Å². The van der Waals surface area contributed by atoms with Crippen molar-refractivity contribution in [3.63, 3.8) is 0 Å². The summed E-state index contributed by atoms with van der Waals surface area (Å²) < 4.78 is 5.79. The fourth-order valence-corrected chi connectivity index (χ4v) is 2.85. The van der Waals surface area contributed by atoms with Crippen LogP contribution in [0.1, 0.15) is 44.9 Å². The van der Waals surface area contributed by atoms with Crippen LogP contribution >= 0.6 is 0 Å². The first kappa shape index (κ1) is 13.8. The summed E-state index contributed by atoms with van der Waals surface area (Å²) in [7, 11) is 0. The molecule has 2 aliphatic rings. The molecule has 0 radical (unpaired) electrons. The Bertz CT molecular complexity index is 246. The Morgan fingerprint density at radius 2 is 2.00 bits per heavy atom. The summed E-state index contributed by atoms with van der Waals surface area (Å²) in [6, 6.07) is 0. The summed E-state index contributed by atoms with van der Waals surface area (Å²) in [4.78, 5) is 11.8. The number of nitrogens with one attached hydrogen (secondary N) is 2. The van der Waals surface area contributed by atoms with Crippen molar-refractivity contribution in [3.05, 3.63) is 0 Å². The van der Waals surface area contributed by atoms with Crippen molar-refractivity contribution in [1.82, 2.24) is 10.6 Å². The van der Waals surface area contributed by atoms with Gasteiger partial charge in [0.15, 0.2) is 0 Å². The average Bonchev–Trinajstić information content (AvgIpc) is 2.45. The molecule has 0 bridgehead atoms. The lowest BCUT2D eigenvalue weighted by atomic mass is 9.98. The number of amides is 1. The number of carbonyl (C=O) groups is 1. The molecule has 4 nitrogen and oxygen atoms in total. The smallest absolute Gasteiger partial charge is 0.224 e. The number of hydrogen-bond donors (Lipinski definition) is 2. The normalized spacial score (nSPS) is 25.9. The minimum absolute atomic E-state index is 0.161. The van der Waals surface area contributed by atoms with Gasteiger partial charge in [-0.3, -0.25) is 4.79 Å². The quantitative estimate of drug-likeness (QED) is 0.730. The van der Waals surface area contributed by atoms with E-state index in [0.29, 0.717) is 19.3 Å². The molecule has 1 atom stereocenters. The minimum Gasteiger partial charge on any atom is -0.376 e. The average molecular weight is 254 g/mol. The Balaban J connectivity index is 1.52. The van der Waals surface area contributed by atoms with Crippen molar-refractivity contribution in [3.8, 4) is 0 Å². The minimum atomic E-state index is 0.161. The van der Waals surface area contributed by atoms with E-state index < -0.39 is 0 Å². The number of carbonyl (C=O) groups excluding carboxylic acids is 1. The van der Waals surface area contributed by atoms with E-state index in [2.05, 4.69) is 10.6 Å². The van der Waals surface area contributed by atoms with Gasteiger partial charge in [0.2, 0.25) is 5.91 Å². The first-order chi connectivity index (χ1) is 8.86. The third kappa shape index (κ3) is 4.58. The van der Waals surface area contributed by atoms with Crippen LogP contribution in [0.4, 0.5) is 0 Å². The van der Waals surface area contributed by atoms with Gasteiger partial charge in [0, 0.05) is 13.1 Å². The van der Waals surface area contributed by atoms with Gasteiger partial charge >= 0.3 is 0 Å². The lowest BCUT2D eigenvalue weighted by Gasteiger charge is -2.23. The van der Waals surface area contributed by atoms with E-state index in [4.69, 9.17) is 4.74 Å². The van der Waals surface area contributed by atoms with E-state index in [1.165, 1.54) is 32.1 Å². The van der Waals surface area contributed by atoms with Crippen LogP contribution in [-0.4, -0.2) is 38.3 Å². The zero-order chi connectivity index (χ0) is 12.6. The molecule has 0 aromatic heterocycles. The molecule has 1 saturated carbocycles. The fourth-order valence-electron chi connectivity index (χ4n) is 2.85. The maximum absolute atomic E-state index is 11.8. The standard InChI is InChI=1S/C14H26N2O2/c17-14(12-5-4-8-15-11-12)16-9-10-18-13-6-2-1-3-7-13/h12-13,15H,1-11H2,(H,16,17)/t12-/m0/s1. The van der Waals surface area contributed by atoms with Gasteiger partial charge in [-0.1, -0.05) is 19.3 Å². The van der Waals surface area contributed by atoms with E-state index in [9.17, 15) is 4.79 Å². The van der Waals surface area contributed by atoms with Gasteiger partial charge in [0.1, 0.15) is 0 Å². The Labute approximate surface area is 110 Å². The molecule has 1 aliphatic heterocycles. The van der Waals surface area contributed by atoms with Gasteiger partial charge in [0.05, 0.1) is 18.6 Å². The molecular formula is C14H26N2O2.